The van der Waals surface area contributed by atoms with Crippen molar-refractivity contribution in [3.63, 3.8) is 0 Å². The van der Waals surface area contributed by atoms with Gasteiger partial charge in [0.15, 0.2) is 0 Å². The van der Waals surface area contributed by atoms with E-state index in [2.05, 4.69) is 12.6 Å². The molecule has 1 fully saturated rings. The molecule has 3 N–H and O–H groups in total. The van der Waals surface area contributed by atoms with Crippen LogP contribution in [-0.2, 0) is 14.9 Å². The van der Waals surface area contributed by atoms with Crippen LogP contribution in [0.1, 0.15) is 6.42 Å². The van der Waals surface area contributed by atoms with Crippen molar-refractivity contribution in [3.05, 3.63) is 18.2 Å². The van der Waals surface area contributed by atoms with Crippen molar-refractivity contribution in [1.29, 1.82) is 0 Å². The van der Waals surface area contributed by atoms with E-state index in [9.17, 15) is 13.2 Å². The second-order valence-electron chi connectivity index (χ2n) is 4.45. The van der Waals surface area contributed by atoms with Crippen LogP contribution < -0.4 is 10.6 Å². The molecule has 0 radical (unpaired) electrons. The number of thiol groups is 1. The van der Waals surface area contributed by atoms with Crippen LogP contribution in [0.25, 0.3) is 0 Å². The van der Waals surface area contributed by atoms with Crippen molar-refractivity contribution < 1.29 is 17.8 Å². The second kappa shape index (κ2) is 5.03. The highest BCUT2D eigenvalue weighted by Gasteiger charge is 2.30. The van der Waals surface area contributed by atoms with E-state index >= 15 is 0 Å². The molecule has 8 heteroatoms. The Hall–Kier alpha value is -1.25. The molecule has 0 saturated carbocycles. The third-order valence-corrected chi connectivity index (χ3v) is 4.49. The number of carbonyl (C=O) groups is 1. The summed E-state index contributed by atoms with van der Waals surface area (Å²) in [5, 5.41) is 0. The van der Waals surface area contributed by atoms with Gasteiger partial charge in [0.2, 0.25) is 5.91 Å². The lowest BCUT2D eigenvalue weighted by Gasteiger charge is -2.17. The predicted molar refractivity (Wildman–Crippen MR) is 75.0 cm³/mol. The summed E-state index contributed by atoms with van der Waals surface area (Å²) >= 11 is 4.17. The fourth-order valence-corrected chi connectivity index (χ4v) is 2.93. The van der Waals surface area contributed by atoms with Crippen LogP contribution in [-0.4, -0.2) is 31.2 Å². The molecule has 1 aromatic rings. The topological polar surface area (TPSA) is 101 Å². The molecule has 0 spiro atoms. The van der Waals surface area contributed by atoms with Gasteiger partial charge in [-0.05, 0) is 29.9 Å². The van der Waals surface area contributed by atoms with E-state index < -0.39 is 10.1 Å². The molecular formula is C11H14N2O4S2. The minimum absolute atomic E-state index is 0.0435. The first-order valence-corrected chi connectivity index (χ1v) is 7.68. The third kappa shape index (κ3) is 2.85. The molecular weight excluding hydrogens is 288 g/mol. The first kappa shape index (κ1) is 14.2. The van der Waals surface area contributed by atoms with Crippen molar-refractivity contribution >= 4 is 40.0 Å². The molecule has 1 saturated heterocycles. The van der Waals surface area contributed by atoms with Gasteiger partial charge in [-0.25, -0.2) is 0 Å². The number of amides is 1. The second-order valence-corrected chi connectivity index (χ2v) is 6.21. The van der Waals surface area contributed by atoms with Gasteiger partial charge in [-0.3, -0.25) is 9.35 Å². The number of nitrogens with two attached hydrogens (primary N) is 1. The third-order valence-electron chi connectivity index (χ3n) is 3.05. The Labute approximate surface area is 116 Å². The molecule has 1 aliphatic heterocycles. The molecule has 0 aliphatic carbocycles. The first-order valence-electron chi connectivity index (χ1n) is 5.61. The fourth-order valence-electron chi connectivity index (χ4n) is 2.09. The van der Waals surface area contributed by atoms with E-state index in [0.717, 1.165) is 0 Å². The number of hydrogen-bond donors (Lipinski definition) is 3. The first-order chi connectivity index (χ1) is 8.82. The van der Waals surface area contributed by atoms with Crippen molar-refractivity contribution in [2.24, 2.45) is 5.92 Å². The summed E-state index contributed by atoms with van der Waals surface area (Å²) in [5.41, 5.74) is 6.04. The van der Waals surface area contributed by atoms with E-state index in [4.69, 9.17) is 10.3 Å². The highest BCUT2D eigenvalue weighted by atomic mass is 32.2. The molecule has 19 heavy (non-hydrogen) atoms. The lowest BCUT2D eigenvalue weighted by atomic mass is 10.1. The summed E-state index contributed by atoms with van der Waals surface area (Å²) in [7, 11) is -4.34. The summed E-state index contributed by atoms with van der Waals surface area (Å²) in [5.74, 6) is 0.747. The molecule has 1 heterocycles. The largest absolute Gasteiger partial charge is 0.398 e. The highest BCUT2D eigenvalue weighted by molar-refractivity contribution is 7.86. The van der Waals surface area contributed by atoms with Crippen LogP contribution in [0.3, 0.4) is 0 Å². The zero-order valence-electron chi connectivity index (χ0n) is 9.98. The summed E-state index contributed by atoms with van der Waals surface area (Å²) in [6.07, 6.45) is 0.420. The molecule has 1 aromatic carbocycles. The Bertz CT molecular complexity index is 615. The van der Waals surface area contributed by atoms with Gasteiger partial charge < -0.3 is 10.6 Å². The van der Waals surface area contributed by atoms with Gasteiger partial charge in [0.1, 0.15) is 4.90 Å². The van der Waals surface area contributed by atoms with Gasteiger partial charge in [0, 0.05) is 18.7 Å². The Morgan fingerprint density at radius 1 is 1.47 bits per heavy atom. The Morgan fingerprint density at radius 3 is 2.63 bits per heavy atom. The lowest BCUT2D eigenvalue weighted by molar-refractivity contribution is -0.117. The smallest absolute Gasteiger partial charge is 0.296 e. The van der Waals surface area contributed by atoms with Crippen LogP contribution in [0, 0.1) is 5.92 Å². The molecule has 2 rings (SSSR count). The van der Waals surface area contributed by atoms with Crippen LogP contribution in [0.2, 0.25) is 0 Å². The normalized spacial score (nSPS) is 20.0. The summed E-state index contributed by atoms with van der Waals surface area (Å²) in [4.78, 5) is 13.0. The predicted octanol–water partition coefficient (Wildman–Crippen LogP) is 0.798. The van der Waals surface area contributed by atoms with Crippen molar-refractivity contribution in [2.75, 3.05) is 22.9 Å². The highest BCUT2D eigenvalue weighted by Crippen LogP contribution is 2.29. The monoisotopic (exact) mass is 302 g/mol. The number of nitrogens with zero attached hydrogens (tertiary/aromatic N) is 1. The van der Waals surface area contributed by atoms with Gasteiger partial charge in [-0.2, -0.15) is 21.0 Å². The van der Waals surface area contributed by atoms with E-state index in [1.54, 1.807) is 4.90 Å². The molecule has 1 unspecified atom stereocenters. The van der Waals surface area contributed by atoms with Gasteiger partial charge in [0.05, 0.1) is 5.69 Å². The van der Waals surface area contributed by atoms with Gasteiger partial charge in [0.25, 0.3) is 10.1 Å². The Kier molecular flexibility index (Phi) is 3.75. The van der Waals surface area contributed by atoms with Crippen LogP contribution in [0.4, 0.5) is 11.4 Å². The number of benzene rings is 1. The molecule has 6 nitrogen and oxygen atoms in total. The summed E-state index contributed by atoms with van der Waals surface area (Å²) in [6, 6.07) is 4.03. The zero-order chi connectivity index (χ0) is 14.2. The van der Waals surface area contributed by atoms with Gasteiger partial charge in [-0.1, -0.05) is 0 Å². The maximum atomic E-state index is 11.8. The van der Waals surface area contributed by atoms with Crippen LogP contribution in [0.15, 0.2) is 23.1 Å². The van der Waals surface area contributed by atoms with Crippen LogP contribution >= 0.6 is 12.6 Å². The maximum absolute atomic E-state index is 11.8. The number of anilines is 2. The Balaban J connectivity index is 2.33. The minimum atomic E-state index is -4.34. The number of carbonyl (C=O) groups excluding carboxylic acids is 1. The minimum Gasteiger partial charge on any atom is -0.398 e. The van der Waals surface area contributed by atoms with Crippen molar-refractivity contribution in [2.45, 2.75) is 11.3 Å². The average Bonchev–Trinajstić information content (AvgIpc) is 2.68. The number of nitrogen functional groups attached to an aromatic ring is 1. The van der Waals surface area contributed by atoms with E-state index in [1.807, 2.05) is 0 Å². The van der Waals surface area contributed by atoms with E-state index in [1.165, 1.54) is 18.2 Å². The molecule has 1 amide bonds. The van der Waals surface area contributed by atoms with Crippen molar-refractivity contribution in [1.82, 2.24) is 0 Å². The van der Waals surface area contributed by atoms with Gasteiger partial charge >= 0.3 is 0 Å². The van der Waals surface area contributed by atoms with Crippen molar-refractivity contribution in [3.8, 4) is 0 Å². The molecule has 0 aromatic heterocycles. The molecule has 104 valence electrons. The van der Waals surface area contributed by atoms with E-state index in [-0.39, 0.29) is 22.4 Å². The van der Waals surface area contributed by atoms with E-state index in [0.29, 0.717) is 24.4 Å². The lowest BCUT2D eigenvalue weighted by Crippen LogP contribution is -2.24. The number of rotatable bonds is 3. The zero-order valence-corrected chi connectivity index (χ0v) is 11.7. The average molecular weight is 302 g/mol. The SMILES string of the molecule is Nc1cc(N2CC(CS)CC2=O)ccc1S(=O)(=O)O. The van der Waals surface area contributed by atoms with Gasteiger partial charge in [-0.15, -0.1) is 0 Å². The maximum Gasteiger partial charge on any atom is 0.296 e. The quantitative estimate of drug-likeness (QED) is 0.435. The molecule has 1 aliphatic rings. The van der Waals surface area contributed by atoms with Crippen LogP contribution in [0.5, 0.6) is 0 Å². The Morgan fingerprint density at radius 2 is 2.16 bits per heavy atom. The fraction of sp³-hybridized carbons (Fsp3) is 0.364. The number of hydrogen-bond acceptors (Lipinski definition) is 5. The molecule has 1 atom stereocenters. The molecule has 0 bridgehead atoms. The standard InChI is InChI=1S/C11H14N2O4S2/c12-9-4-8(1-2-10(9)19(15,16)17)13-5-7(6-18)3-11(13)14/h1-2,4,7,18H,3,5-6,12H2,(H,15,16,17). The summed E-state index contributed by atoms with van der Waals surface area (Å²) < 4.78 is 31.0. The summed E-state index contributed by atoms with van der Waals surface area (Å²) in [6.45, 7) is 0.535.